The number of aromatic nitrogens is 2. The molecule has 0 saturated heterocycles. The molecule has 0 fully saturated rings. The smallest absolute Gasteiger partial charge is 0.251 e. The number of amides is 2. The van der Waals surface area contributed by atoms with Gasteiger partial charge in [-0.15, -0.1) is 0 Å². The summed E-state index contributed by atoms with van der Waals surface area (Å²) in [7, 11) is 3.11. The van der Waals surface area contributed by atoms with Crippen molar-refractivity contribution in [1.82, 2.24) is 14.9 Å². The van der Waals surface area contributed by atoms with Gasteiger partial charge in [-0.05, 0) is 42.8 Å². The molecule has 2 N–H and O–H groups in total. The van der Waals surface area contributed by atoms with E-state index in [-0.39, 0.29) is 17.6 Å². The maximum absolute atomic E-state index is 12.5. The van der Waals surface area contributed by atoms with Crippen molar-refractivity contribution in [3.63, 3.8) is 0 Å². The van der Waals surface area contributed by atoms with Gasteiger partial charge in [0.25, 0.3) is 5.91 Å². The highest BCUT2D eigenvalue weighted by molar-refractivity contribution is 7.99. The van der Waals surface area contributed by atoms with Crippen molar-refractivity contribution in [1.29, 1.82) is 0 Å². The molecule has 3 aromatic rings. The Balaban J connectivity index is 1.62. The summed E-state index contributed by atoms with van der Waals surface area (Å²) in [4.78, 5) is 29.1. The van der Waals surface area contributed by atoms with Crippen LogP contribution in [0.15, 0.2) is 60.0 Å². The summed E-state index contributed by atoms with van der Waals surface area (Å²) in [5.74, 6) is 1.06. The number of methoxy groups -OCH3 is 2. The van der Waals surface area contributed by atoms with Crippen molar-refractivity contribution in [2.24, 2.45) is 0 Å². The van der Waals surface area contributed by atoms with Crippen LogP contribution < -0.4 is 20.1 Å². The zero-order valence-electron chi connectivity index (χ0n) is 19.0. The van der Waals surface area contributed by atoms with Crippen LogP contribution in [0.2, 0.25) is 0 Å². The Labute approximate surface area is 197 Å². The number of hydrogen-bond acceptors (Lipinski definition) is 6. The number of thioether (sulfide) groups is 1. The first-order chi connectivity index (χ1) is 16.0. The standard InChI is InChI=1S/C24H28N4O4S/c1-4-5-12-25-23(30)17-6-8-18(9-7-17)28-14-13-26-24(28)33-16-22(29)27-20-15-19(31-2)10-11-21(20)32-3/h6-11,13-15H,4-5,12,16H2,1-3H3,(H,25,30)(H,27,29). The number of hydrogen-bond donors (Lipinski definition) is 2. The summed E-state index contributed by atoms with van der Waals surface area (Å²) in [5.41, 5.74) is 2.00. The average molecular weight is 469 g/mol. The van der Waals surface area contributed by atoms with E-state index in [4.69, 9.17) is 9.47 Å². The molecule has 1 heterocycles. The fourth-order valence-corrected chi connectivity index (χ4v) is 3.85. The average Bonchev–Trinajstić information content (AvgIpc) is 3.31. The van der Waals surface area contributed by atoms with Crippen LogP contribution in [0, 0.1) is 0 Å². The largest absolute Gasteiger partial charge is 0.497 e. The van der Waals surface area contributed by atoms with Crippen LogP contribution in [0.4, 0.5) is 5.69 Å². The Bertz CT molecular complexity index is 1080. The van der Waals surface area contributed by atoms with Crippen molar-refractivity contribution < 1.29 is 19.1 Å². The molecule has 0 saturated carbocycles. The molecule has 0 bridgehead atoms. The van der Waals surface area contributed by atoms with Gasteiger partial charge in [0.1, 0.15) is 11.5 Å². The minimum absolute atomic E-state index is 0.0835. The number of rotatable bonds is 11. The molecule has 2 amide bonds. The van der Waals surface area contributed by atoms with Gasteiger partial charge in [-0.2, -0.15) is 0 Å². The van der Waals surface area contributed by atoms with Gasteiger partial charge in [0.2, 0.25) is 5.91 Å². The van der Waals surface area contributed by atoms with Crippen molar-refractivity contribution in [2.45, 2.75) is 24.9 Å². The molecule has 0 spiro atoms. The van der Waals surface area contributed by atoms with Crippen LogP contribution in [-0.2, 0) is 4.79 Å². The fraction of sp³-hybridized carbons (Fsp3) is 0.292. The Kier molecular flexibility index (Phi) is 8.77. The van der Waals surface area contributed by atoms with Crippen molar-refractivity contribution in [3.05, 3.63) is 60.4 Å². The Morgan fingerprint density at radius 3 is 2.58 bits per heavy atom. The normalized spacial score (nSPS) is 10.5. The maximum Gasteiger partial charge on any atom is 0.251 e. The fourth-order valence-electron chi connectivity index (χ4n) is 3.08. The molecule has 1 aromatic heterocycles. The van der Waals surface area contributed by atoms with Gasteiger partial charge in [0, 0.05) is 36.3 Å². The van der Waals surface area contributed by atoms with Gasteiger partial charge in [-0.25, -0.2) is 4.98 Å². The SMILES string of the molecule is CCCCNC(=O)c1ccc(-n2ccnc2SCC(=O)Nc2cc(OC)ccc2OC)cc1. The molecule has 174 valence electrons. The number of ether oxygens (including phenoxy) is 2. The molecule has 8 nitrogen and oxygen atoms in total. The number of unbranched alkanes of at least 4 members (excludes halogenated alkanes) is 1. The quantitative estimate of drug-likeness (QED) is 0.324. The number of nitrogens with zero attached hydrogens (tertiary/aromatic N) is 2. The number of carbonyl (C=O) groups is 2. The van der Waals surface area contributed by atoms with Gasteiger partial charge in [0.05, 0.1) is 25.7 Å². The first-order valence-corrected chi connectivity index (χ1v) is 11.6. The molecule has 2 aromatic carbocycles. The number of benzene rings is 2. The van der Waals surface area contributed by atoms with E-state index in [1.165, 1.54) is 11.8 Å². The van der Waals surface area contributed by atoms with E-state index < -0.39 is 0 Å². The molecule has 0 radical (unpaired) electrons. The molecule has 0 aliphatic heterocycles. The van der Waals surface area contributed by atoms with Crippen molar-refractivity contribution in [2.75, 3.05) is 31.8 Å². The lowest BCUT2D eigenvalue weighted by Gasteiger charge is -2.12. The molecule has 0 atom stereocenters. The van der Waals surface area contributed by atoms with E-state index in [9.17, 15) is 9.59 Å². The summed E-state index contributed by atoms with van der Waals surface area (Å²) < 4.78 is 12.4. The zero-order chi connectivity index (χ0) is 23.6. The van der Waals surface area contributed by atoms with E-state index >= 15 is 0 Å². The van der Waals surface area contributed by atoms with E-state index in [0.29, 0.717) is 34.5 Å². The second-order valence-corrected chi connectivity index (χ2v) is 8.08. The predicted octanol–water partition coefficient (Wildman–Crippen LogP) is 4.15. The van der Waals surface area contributed by atoms with Gasteiger partial charge in [0.15, 0.2) is 5.16 Å². The molecule has 0 unspecified atom stereocenters. The Morgan fingerprint density at radius 2 is 1.88 bits per heavy atom. The third-order valence-corrected chi connectivity index (χ3v) is 5.81. The van der Waals surface area contributed by atoms with Crippen LogP contribution in [0.1, 0.15) is 30.1 Å². The highest BCUT2D eigenvalue weighted by Crippen LogP contribution is 2.29. The predicted molar refractivity (Wildman–Crippen MR) is 130 cm³/mol. The number of imidazole rings is 1. The van der Waals surface area contributed by atoms with E-state index in [2.05, 4.69) is 22.5 Å². The molecular formula is C24H28N4O4S. The Hall–Kier alpha value is -3.46. The zero-order valence-corrected chi connectivity index (χ0v) is 19.8. The second-order valence-electron chi connectivity index (χ2n) is 7.14. The van der Waals surface area contributed by atoms with Crippen LogP contribution in [0.5, 0.6) is 11.5 Å². The summed E-state index contributed by atoms with van der Waals surface area (Å²) in [6.07, 6.45) is 5.49. The van der Waals surface area contributed by atoms with Crippen LogP contribution >= 0.6 is 11.8 Å². The summed E-state index contributed by atoms with van der Waals surface area (Å²) in [5, 5.41) is 6.43. The number of nitrogens with one attached hydrogen (secondary N) is 2. The van der Waals surface area contributed by atoms with Gasteiger partial charge >= 0.3 is 0 Å². The van der Waals surface area contributed by atoms with Crippen molar-refractivity contribution >= 4 is 29.3 Å². The highest BCUT2D eigenvalue weighted by Gasteiger charge is 2.13. The lowest BCUT2D eigenvalue weighted by atomic mass is 10.2. The van der Waals surface area contributed by atoms with Gasteiger partial charge in [-0.3, -0.25) is 14.2 Å². The van der Waals surface area contributed by atoms with Crippen molar-refractivity contribution in [3.8, 4) is 17.2 Å². The molecule has 3 rings (SSSR count). The summed E-state index contributed by atoms with van der Waals surface area (Å²) in [6, 6.07) is 12.5. The minimum Gasteiger partial charge on any atom is -0.497 e. The first-order valence-electron chi connectivity index (χ1n) is 10.6. The number of carbonyl (C=O) groups excluding carboxylic acids is 2. The molecule has 33 heavy (non-hydrogen) atoms. The lowest BCUT2D eigenvalue weighted by Crippen LogP contribution is -2.24. The Morgan fingerprint density at radius 1 is 1.09 bits per heavy atom. The molecule has 0 aliphatic rings. The topological polar surface area (TPSA) is 94.5 Å². The van der Waals surface area contributed by atoms with Crippen LogP contribution in [-0.4, -0.2) is 47.9 Å². The highest BCUT2D eigenvalue weighted by atomic mass is 32.2. The monoisotopic (exact) mass is 468 g/mol. The van der Waals surface area contributed by atoms with Gasteiger partial charge in [-0.1, -0.05) is 25.1 Å². The lowest BCUT2D eigenvalue weighted by molar-refractivity contribution is -0.113. The van der Waals surface area contributed by atoms with Gasteiger partial charge < -0.3 is 20.1 Å². The summed E-state index contributed by atoms with van der Waals surface area (Å²) >= 11 is 1.31. The third kappa shape index (κ3) is 6.52. The summed E-state index contributed by atoms with van der Waals surface area (Å²) in [6.45, 7) is 2.75. The third-order valence-electron chi connectivity index (χ3n) is 4.84. The van der Waals surface area contributed by atoms with E-state index in [1.54, 1.807) is 50.7 Å². The first kappa shape index (κ1) is 24.2. The minimum atomic E-state index is -0.194. The molecular weight excluding hydrogens is 440 g/mol. The molecule has 9 heteroatoms. The second kappa shape index (κ2) is 12.0. The van der Waals surface area contributed by atoms with Crippen LogP contribution in [0.25, 0.3) is 5.69 Å². The van der Waals surface area contributed by atoms with E-state index in [0.717, 1.165) is 18.5 Å². The molecule has 0 aliphatic carbocycles. The number of anilines is 1. The maximum atomic E-state index is 12.5. The van der Waals surface area contributed by atoms with E-state index in [1.807, 2.05) is 22.9 Å². The van der Waals surface area contributed by atoms with Crippen LogP contribution in [0.3, 0.4) is 0 Å².